The lowest BCUT2D eigenvalue weighted by atomic mass is 9.75. The van der Waals surface area contributed by atoms with Gasteiger partial charge in [-0.2, -0.15) is 0 Å². The molecule has 1 aliphatic carbocycles. The van der Waals surface area contributed by atoms with E-state index < -0.39 is 6.10 Å². The molecule has 4 heteroatoms. The second-order valence-electron chi connectivity index (χ2n) is 3.44. The lowest BCUT2D eigenvalue weighted by molar-refractivity contribution is -0.152. The third-order valence-electron chi connectivity index (χ3n) is 2.84. The minimum Gasteiger partial charge on any atom is -0.384 e. The lowest BCUT2D eigenvalue weighted by Crippen LogP contribution is -2.45. The van der Waals surface area contributed by atoms with Crippen LogP contribution in [0.4, 0.5) is 0 Å². The Morgan fingerprint density at radius 3 is 2.85 bits per heavy atom. The second-order valence-corrected chi connectivity index (χ2v) is 4.16. The number of nitrogens with zero attached hydrogens (tertiary/aromatic N) is 1. The first-order valence-electron chi connectivity index (χ1n) is 4.40. The Labute approximate surface area is 81.4 Å². The summed E-state index contributed by atoms with van der Waals surface area (Å²) in [6, 6.07) is 0. The van der Waals surface area contributed by atoms with Gasteiger partial charge >= 0.3 is 0 Å². The van der Waals surface area contributed by atoms with Crippen molar-refractivity contribution >= 4 is 11.3 Å². The molecule has 1 aliphatic rings. The van der Waals surface area contributed by atoms with Crippen molar-refractivity contribution in [2.45, 2.75) is 31.0 Å². The van der Waals surface area contributed by atoms with E-state index in [1.165, 1.54) is 11.3 Å². The highest BCUT2D eigenvalue weighted by atomic mass is 32.1. The molecule has 0 radical (unpaired) electrons. The summed E-state index contributed by atoms with van der Waals surface area (Å²) in [4.78, 5) is 4.10. The van der Waals surface area contributed by atoms with Gasteiger partial charge in [-0.1, -0.05) is 0 Å². The zero-order valence-corrected chi connectivity index (χ0v) is 8.38. The van der Waals surface area contributed by atoms with Gasteiger partial charge < -0.3 is 9.84 Å². The van der Waals surface area contributed by atoms with Gasteiger partial charge in [0.1, 0.15) is 6.10 Å². The van der Waals surface area contributed by atoms with Crippen LogP contribution in [-0.2, 0) is 4.74 Å². The lowest BCUT2D eigenvalue weighted by Gasteiger charge is -2.43. The first-order valence-corrected chi connectivity index (χ1v) is 5.34. The molecule has 1 atom stereocenters. The first-order chi connectivity index (χ1) is 6.28. The van der Waals surface area contributed by atoms with E-state index >= 15 is 0 Å². The van der Waals surface area contributed by atoms with Crippen LogP contribution in [0.3, 0.4) is 0 Å². The molecule has 1 heterocycles. The molecule has 0 bridgehead atoms. The van der Waals surface area contributed by atoms with Crippen LogP contribution in [0.1, 0.15) is 31.1 Å². The quantitative estimate of drug-likeness (QED) is 0.806. The predicted octanol–water partition coefficient (Wildman–Crippen LogP) is 1.75. The molecule has 0 spiro atoms. The summed E-state index contributed by atoms with van der Waals surface area (Å²) >= 11 is 1.50. The fourth-order valence-electron chi connectivity index (χ4n) is 1.74. The molecule has 3 nitrogen and oxygen atoms in total. The normalized spacial score (nSPS) is 22.3. The minimum absolute atomic E-state index is 0.353. The third-order valence-corrected chi connectivity index (χ3v) is 3.44. The molecule has 72 valence electrons. The van der Waals surface area contributed by atoms with Gasteiger partial charge in [0.25, 0.3) is 0 Å². The molecule has 0 amide bonds. The van der Waals surface area contributed by atoms with Gasteiger partial charge in [0.15, 0.2) is 0 Å². The number of aliphatic hydroxyl groups is 1. The molecule has 0 saturated heterocycles. The van der Waals surface area contributed by atoms with E-state index in [9.17, 15) is 5.11 Å². The van der Waals surface area contributed by atoms with Crippen LogP contribution >= 0.6 is 11.3 Å². The van der Waals surface area contributed by atoms with E-state index in [2.05, 4.69) is 4.98 Å². The molecule has 1 aromatic rings. The first kappa shape index (κ1) is 9.12. The van der Waals surface area contributed by atoms with Gasteiger partial charge in [-0.25, -0.2) is 4.98 Å². The van der Waals surface area contributed by atoms with E-state index in [1.807, 2.05) is 5.38 Å². The SMILES string of the molecule is COC1(C(O)c2cscn2)CCC1. The molecular formula is C9H13NO2S. The van der Waals surface area contributed by atoms with Gasteiger partial charge in [0.2, 0.25) is 0 Å². The van der Waals surface area contributed by atoms with Crippen molar-refractivity contribution in [2.24, 2.45) is 0 Å². The van der Waals surface area contributed by atoms with E-state index in [4.69, 9.17) is 4.74 Å². The van der Waals surface area contributed by atoms with Gasteiger partial charge in [-0.05, 0) is 19.3 Å². The summed E-state index contributed by atoms with van der Waals surface area (Å²) in [6.45, 7) is 0. The van der Waals surface area contributed by atoms with Gasteiger partial charge in [0, 0.05) is 12.5 Å². The summed E-state index contributed by atoms with van der Waals surface area (Å²) in [5, 5.41) is 11.9. The number of hydrogen-bond donors (Lipinski definition) is 1. The molecule has 13 heavy (non-hydrogen) atoms. The van der Waals surface area contributed by atoms with Crippen LogP contribution in [0.25, 0.3) is 0 Å². The maximum atomic E-state index is 10.00. The molecule has 1 aromatic heterocycles. The third kappa shape index (κ3) is 1.39. The van der Waals surface area contributed by atoms with E-state index in [0.717, 1.165) is 25.0 Å². The largest absolute Gasteiger partial charge is 0.384 e. The number of hydrogen-bond acceptors (Lipinski definition) is 4. The van der Waals surface area contributed by atoms with Crippen LogP contribution < -0.4 is 0 Å². The summed E-state index contributed by atoms with van der Waals surface area (Å²) in [5.41, 5.74) is 2.13. The van der Waals surface area contributed by atoms with Crippen LogP contribution in [0.5, 0.6) is 0 Å². The van der Waals surface area contributed by atoms with Crippen molar-refractivity contribution < 1.29 is 9.84 Å². The zero-order chi connectivity index (χ0) is 9.31. The van der Waals surface area contributed by atoms with Gasteiger partial charge in [-0.3, -0.25) is 0 Å². The Balaban J connectivity index is 2.16. The van der Waals surface area contributed by atoms with E-state index in [0.29, 0.717) is 0 Å². The minimum atomic E-state index is -0.558. The number of methoxy groups -OCH3 is 1. The van der Waals surface area contributed by atoms with Crippen LogP contribution in [-0.4, -0.2) is 22.8 Å². The van der Waals surface area contributed by atoms with E-state index in [-0.39, 0.29) is 5.60 Å². The molecule has 2 rings (SSSR count). The average molecular weight is 199 g/mol. The number of aromatic nitrogens is 1. The van der Waals surface area contributed by atoms with Gasteiger partial charge in [-0.15, -0.1) is 11.3 Å². The monoisotopic (exact) mass is 199 g/mol. The molecule has 0 aromatic carbocycles. The van der Waals surface area contributed by atoms with Crippen molar-refractivity contribution in [3.05, 3.63) is 16.6 Å². The summed E-state index contributed by atoms with van der Waals surface area (Å²) < 4.78 is 5.37. The Hall–Kier alpha value is -0.450. The van der Waals surface area contributed by atoms with E-state index in [1.54, 1.807) is 12.6 Å². The highest BCUT2D eigenvalue weighted by Gasteiger charge is 2.45. The zero-order valence-electron chi connectivity index (χ0n) is 7.56. The van der Waals surface area contributed by atoms with Crippen molar-refractivity contribution in [1.29, 1.82) is 0 Å². The summed E-state index contributed by atoms with van der Waals surface area (Å²) in [6.07, 6.45) is 2.44. The number of aliphatic hydroxyl groups excluding tert-OH is 1. The van der Waals surface area contributed by atoms with Crippen LogP contribution in [0.15, 0.2) is 10.9 Å². The van der Waals surface area contributed by atoms with Crippen LogP contribution in [0, 0.1) is 0 Å². The standard InChI is InChI=1S/C9H13NO2S/c1-12-9(3-2-4-9)8(11)7-5-13-6-10-7/h5-6,8,11H,2-4H2,1H3. The Morgan fingerprint density at radius 1 is 1.69 bits per heavy atom. The Kier molecular flexibility index (Phi) is 2.36. The smallest absolute Gasteiger partial charge is 0.126 e. The van der Waals surface area contributed by atoms with Crippen molar-refractivity contribution in [2.75, 3.05) is 7.11 Å². The Morgan fingerprint density at radius 2 is 2.46 bits per heavy atom. The average Bonchev–Trinajstić information content (AvgIpc) is 2.54. The maximum Gasteiger partial charge on any atom is 0.126 e. The number of ether oxygens (including phenoxy) is 1. The van der Waals surface area contributed by atoms with Gasteiger partial charge in [0.05, 0.1) is 16.8 Å². The summed E-state index contributed by atoms with van der Waals surface area (Å²) in [7, 11) is 1.66. The second kappa shape index (κ2) is 3.36. The fraction of sp³-hybridized carbons (Fsp3) is 0.667. The maximum absolute atomic E-state index is 10.00. The fourth-order valence-corrected chi connectivity index (χ4v) is 2.31. The van der Waals surface area contributed by atoms with Crippen molar-refractivity contribution in [3.8, 4) is 0 Å². The molecule has 1 saturated carbocycles. The van der Waals surface area contributed by atoms with Crippen molar-refractivity contribution in [1.82, 2.24) is 4.98 Å². The predicted molar refractivity (Wildman–Crippen MR) is 50.7 cm³/mol. The van der Waals surface area contributed by atoms with Crippen molar-refractivity contribution in [3.63, 3.8) is 0 Å². The number of rotatable bonds is 3. The highest BCUT2D eigenvalue weighted by molar-refractivity contribution is 7.07. The molecule has 1 fully saturated rings. The molecule has 0 aliphatic heterocycles. The topological polar surface area (TPSA) is 42.4 Å². The Bertz CT molecular complexity index is 264. The van der Waals surface area contributed by atoms with Crippen LogP contribution in [0.2, 0.25) is 0 Å². The highest BCUT2D eigenvalue weighted by Crippen LogP contribution is 2.44. The molecular weight excluding hydrogens is 186 g/mol. The number of thiazole rings is 1. The molecule has 1 N–H and O–H groups in total. The molecule has 1 unspecified atom stereocenters. The summed E-state index contributed by atoms with van der Waals surface area (Å²) in [5.74, 6) is 0.